The lowest BCUT2D eigenvalue weighted by Gasteiger charge is -2.13. The van der Waals surface area contributed by atoms with E-state index < -0.39 is 12.2 Å². The van der Waals surface area contributed by atoms with Crippen molar-refractivity contribution < 1.29 is 23.9 Å². The topological polar surface area (TPSA) is 72.9 Å². The van der Waals surface area contributed by atoms with Crippen molar-refractivity contribution in [3.8, 4) is 0 Å². The second kappa shape index (κ2) is 8.10. The van der Waals surface area contributed by atoms with Crippen molar-refractivity contribution in [1.29, 1.82) is 0 Å². The standard InChI is InChI=1S/C16H18BrNO5/c1-2-3-15(20)22-10-13-9-18(16(21)23-13)12-6-4-11(5-7-12)14(19)8-17/h4-7,13H,2-3,8-10H2,1H3/t13-/m1/s1. The van der Waals surface area contributed by atoms with Crippen molar-refractivity contribution >= 4 is 39.5 Å². The van der Waals surface area contributed by atoms with Crippen molar-refractivity contribution in [2.45, 2.75) is 25.9 Å². The van der Waals surface area contributed by atoms with Gasteiger partial charge in [0, 0.05) is 17.7 Å². The minimum Gasteiger partial charge on any atom is -0.462 e. The SMILES string of the molecule is CCCC(=O)OC[C@H]1CN(c2ccc(C(=O)CBr)cc2)C(=O)O1. The number of amides is 1. The van der Waals surface area contributed by atoms with Crippen LogP contribution < -0.4 is 4.90 Å². The second-order valence-electron chi connectivity index (χ2n) is 5.15. The molecule has 7 heteroatoms. The van der Waals surface area contributed by atoms with Crippen LogP contribution in [0.1, 0.15) is 30.1 Å². The van der Waals surface area contributed by atoms with Gasteiger partial charge in [0.25, 0.3) is 0 Å². The van der Waals surface area contributed by atoms with Gasteiger partial charge in [-0.1, -0.05) is 22.9 Å². The van der Waals surface area contributed by atoms with Gasteiger partial charge in [0.15, 0.2) is 11.9 Å². The molecule has 2 rings (SSSR count). The molecule has 124 valence electrons. The Balaban J connectivity index is 1.94. The summed E-state index contributed by atoms with van der Waals surface area (Å²) in [5, 5.41) is 0.253. The van der Waals surface area contributed by atoms with E-state index in [9.17, 15) is 14.4 Å². The number of hydrogen-bond donors (Lipinski definition) is 0. The van der Waals surface area contributed by atoms with Gasteiger partial charge in [-0.25, -0.2) is 4.79 Å². The quantitative estimate of drug-likeness (QED) is 0.411. The van der Waals surface area contributed by atoms with E-state index >= 15 is 0 Å². The molecule has 1 atom stereocenters. The minimum absolute atomic E-state index is 0.0266. The predicted octanol–water partition coefficient (Wildman–Crippen LogP) is 2.93. The molecule has 0 N–H and O–H groups in total. The Morgan fingerprint density at radius 1 is 1.35 bits per heavy atom. The molecule has 1 aromatic carbocycles. The molecule has 23 heavy (non-hydrogen) atoms. The number of benzene rings is 1. The predicted molar refractivity (Wildman–Crippen MR) is 88.0 cm³/mol. The van der Waals surface area contributed by atoms with Gasteiger partial charge in [-0.3, -0.25) is 14.5 Å². The Morgan fingerprint density at radius 3 is 2.65 bits per heavy atom. The van der Waals surface area contributed by atoms with Gasteiger partial charge in [-0.15, -0.1) is 0 Å². The fraction of sp³-hybridized carbons (Fsp3) is 0.438. The maximum absolute atomic E-state index is 11.9. The maximum atomic E-state index is 11.9. The Labute approximate surface area is 142 Å². The summed E-state index contributed by atoms with van der Waals surface area (Å²) in [4.78, 5) is 36.3. The van der Waals surface area contributed by atoms with Gasteiger partial charge >= 0.3 is 12.1 Å². The van der Waals surface area contributed by atoms with Crippen LogP contribution in [0, 0.1) is 0 Å². The number of ketones is 1. The molecule has 6 nitrogen and oxygen atoms in total. The Bertz CT molecular complexity index is 587. The zero-order chi connectivity index (χ0) is 16.8. The summed E-state index contributed by atoms with van der Waals surface area (Å²) in [7, 11) is 0. The minimum atomic E-state index is -0.485. The molecular weight excluding hydrogens is 366 g/mol. The molecule has 0 bridgehead atoms. The Kier molecular flexibility index (Phi) is 6.15. The zero-order valence-corrected chi connectivity index (χ0v) is 14.4. The first-order valence-electron chi connectivity index (χ1n) is 7.38. The number of Topliss-reactive ketones (excluding diaryl/α,β-unsaturated/α-hetero) is 1. The highest BCUT2D eigenvalue weighted by atomic mass is 79.9. The van der Waals surface area contributed by atoms with E-state index in [4.69, 9.17) is 9.47 Å². The van der Waals surface area contributed by atoms with E-state index in [1.165, 1.54) is 4.90 Å². The number of esters is 1. The third-order valence-corrected chi connectivity index (χ3v) is 3.89. The van der Waals surface area contributed by atoms with E-state index in [0.717, 1.165) is 6.42 Å². The summed E-state index contributed by atoms with van der Waals surface area (Å²) >= 11 is 3.12. The van der Waals surface area contributed by atoms with Crippen molar-refractivity contribution in [3.05, 3.63) is 29.8 Å². The number of carbonyl (C=O) groups is 3. The highest BCUT2D eigenvalue weighted by Gasteiger charge is 2.33. The third kappa shape index (κ3) is 4.54. The van der Waals surface area contributed by atoms with Crippen molar-refractivity contribution in [2.24, 2.45) is 0 Å². The zero-order valence-electron chi connectivity index (χ0n) is 12.8. The van der Waals surface area contributed by atoms with E-state index in [0.29, 0.717) is 24.2 Å². The van der Waals surface area contributed by atoms with Crippen LogP contribution in [0.3, 0.4) is 0 Å². The number of nitrogens with zero attached hydrogens (tertiary/aromatic N) is 1. The molecule has 1 aliphatic heterocycles. The summed E-state index contributed by atoms with van der Waals surface area (Å²) in [6.45, 7) is 2.26. The lowest BCUT2D eigenvalue weighted by molar-refractivity contribution is -0.146. The largest absolute Gasteiger partial charge is 0.462 e. The molecular formula is C16H18BrNO5. The number of anilines is 1. The van der Waals surface area contributed by atoms with Gasteiger partial charge in [-0.05, 0) is 30.7 Å². The van der Waals surface area contributed by atoms with Gasteiger partial charge in [0.2, 0.25) is 0 Å². The fourth-order valence-electron chi connectivity index (χ4n) is 2.19. The molecule has 1 amide bonds. The highest BCUT2D eigenvalue weighted by molar-refractivity contribution is 9.09. The molecule has 0 aromatic heterocycles. The molecule has 1 aliphatic rings. The van der Waals surface area contributed by atoms with Gasteiger partial charge in [0.1, 0.15) is 6.61 Å². The summed E-state index contributed by atoms with van der Waals surface area (Å²) in [5.41, 5.74) is 1.21. The number of carbonyl (C=O) groups excluding carboxylic acids is 3. The van der Waals surface area contributed by atoms with Crippen LogP contribution in [0.15, 0.2) is 24.3 Å². The fourth-order valence-corrected chi connectivity index (χ4v) is 2.51. The number of cyclic esters (lactones) is 1. The summed E-state index contributed by atoms with van der Waals surface area (Å²) < 4.78 is 10.3. The molecule has 0 aliphatic carbocycles. The smallest absolute Gasteiger partial charge is 0.414 e. The Morgan fingerprint density at radius 2 is 2.04 bits per heavy atom. The Hall–Kier alpha value is -1.89. The second-order valence-corrected chi connectivity index (χ2v) is 5.71. The molecule has 1 saturated heterocycles. The van der Waals surface area contributed by atoms with Crippen molar-refractivity contribution in [3.63, 3.8) is 0 Å². The van der Waals surface area contributed by atoms with E-state index in [1.807, 2.05) is 6.92 Å². The number of ether oxygens (including phenoxy) is 2. The van der Waals surface area contributed by atoms with Crippen LogP contribution in [0.2, 0.25) is 0 Å². The summed E-state index contributed by atoms with van der Waals surface area (Å²) in [6, 6.07) is 6.73. The number of hydrogen-bond acceptors (Lipinski definition) is 5. The average Bonchev–Trinajstić information content (AvgIpc) is 2.93. The van der Waals surface area contributed by atoms with E-state index in [1.54, 1.807) is 24.3 Å². The monoisotopic (exact) mass is 383 g/mol. The first-order valence-corrected chi connectivity index (χ1v) is 8.50. The van der Waals surface area contributed by atoms with Crippen LogP contribution in [0.4, 0.5) is 10.5 Å². The normalized spacial score (nSPS) is 17.0. The average molecular weight is 384 g/mol. The van der Waals surface area contributed by atoms with E-state index in [-0.39, 0.29) is 23.7 Å². The van der Waals surface area contributed by atoms with Crippen molar-refractivity contribution in [1.82, 2.24) is 0 Å². The third-order valence-electron chi connectivity index (χ3n) is 3.38. The maximum Gasteiger partial charge on any atom is 0.414 e. The van der Waals surface area contributed by atoms with Gasteiger partial charge < -0.3 is 9.47 Å². The van der Waals surface area contributed by atoms with Crippen LogP contribution in [-0.2, 0) is 14.3 Å². The van der Waals surface area contributed by atoms with Crippen molar-refractivity contribution in [2.75, 3.05) is 23.4 Å². The van der Waals surface area contributed by atoms with Crippen LogP contribution >= 0.6 is 15.9 Å². The summed E-state index contributed by atoms with van der Waals surface area (Å²) in [6.07, 6.45) is 0.107. The number of alkyl halides is 1. The number of halogens is 1. The highest BCUT2D eigenvalue weighted by Crippen LogP contribution is 2.22. The first kappa shape index (κ1) is 17.5. The lowest BCUT2D eigenvalue weighted by Crippen LogP contribution is -2.26. The molecule has 0 saturated carbocycles. The van der Waals surface area contributed by atoms with Gasteiger partial charge in [-0.2, -0.15) is 0 Å². The van der Waals surface area contributed by atoms with Crippen LogP contribution in [0.5, 0.6) is 0 Å². The lowest BCUT2D eigenvalue weighted by atomic mass is 10.1. The number of rotatable bonds is 7. The molecule has 0 spiro atoms. The molecule has 1 fully saturated rings. The molecule has 1 aromatic rings. The molecule has 0 radical (unpaired) electrons. The van der Waals surface area contributed by atoms with E-state index in [2.05, 4.69) is 15.9 Å². The molecule has 0 unspecified atom stereocenters. The first-order chi connectivity index (χ1) is 11.0. The van der Waals surface area contributed by atoms with Crippen LogP contribution in [0.25, 0.3) is 0 Å². The molecule has 1 heterocycles. The summed E-state index contributed by atoms with van der Waals surface area (Å²) in [5.74, 6) is -0.319. The van der Waals surface area contributed by atoms with Gasteiger partial charge in [0.05, 0.1) is 11.9 Å². The van der Waals surface area contributed by atoms with Crippen LogP contribution in [-0.4, -0.2) is 42.4 Å².